The molecule has 1 aromatic rings. The van der Waals surface area contributed by atoms with Gasteiger partial charge < -0.3 is 14.4 Å². The number of amides is 1. The fraction of sp³-hybridized carbons (Fsp3) is 0.500. The molecule has 0 atom stereocenters. The van der Waals surface area contributed by atoms with Crippen molar-refractivity contribution < 1.29 is 18.7 Å². The highest BCUT2D eigenvalue weighted by Gasteiger charge is 2.21. The van der Waals surface area contributed by atoms with Gasteiger partial charge in [0.25, 0.3) is 5.91 Å². The van der Waals surface area contributed by atoms with E-state index in [1.807, 2.05) is 13.8 Å². The van der Waals surface area contributed by atoms with Crippen molar-refractivity contribution in [2.45, 2.75) is 19.9 Å². The van der Waals surface area contributed by atoms with Crippen LogP contribution >= 0.6 is 11.6 Å². The highest BCUT2D eigenvalue weighted by molar-refractivity contribution is 6.33. The first-order valence-electron chi connectivity index (χ1n) is 6.31. The third-order valence-electron chi connectivity index (χ3n) is 2.61. The van der Waals surface area contributed by atoms with Crippen molar-refractivity contribution in [2.75, 3.05) is 31.8 Å². The minimum atomic E-state index is -0.439. The molecule has 0 radical (unpaired) electrons. The summed E-state index contributed by atoms with van der Waals surface area (Å²) < 4.78 is 23.1. The number of carbonyl (C=O) groups excluding carboxylic acids is 1. The van der Waals surface area contributed by atoms with Gasteiger partial charge in [-0.25, -0.2) is 4.39 Å². The zero-order valence-corrected chi connectivity index (χ0v) is 12.6. The van der Waals surface area contributed by atoms with E-state index < -0.39 is 5.82 Å². The van der Waals surface area contributed by atoms with E-state index in [0.717, 1.165) is 0 Å². The summed E-state index contributed by atoms with van der Waals surface area (Å²) in [5.41, 5.74) is 0.475. The Bertz CT molecular complexity index is 454. The van der Waals surface area contributed by atoms with E-state index in [2.05, 4.69) is 0 Å². The first-order chi connectivity index (χ1) is 9.47. The normalized spacial score (nSPS) is 10.9. The van der Waals surface area contributed by atoms with E-state index in [0.29, 0.717) is 18.9 Å². The molecule has 4 nitrogen and oxygen atoms in total. The standard InChI is InChI=1S/C14H19ClFNO3/c1-10(2)17(14(18)9-20-7-6-19-3)13-5-4-11(16)8-12(13)15/h4-5,8,10H,6-7,9H2,1-3H3. The van der Waals surface area contributed by atoms with Crippen LogP contribution in [0.25, 0.3) is 0 Å². The molecule has 0 aliphatic rings. The van der Waals surface area contributed by atoms with Gasteiger partial charge in [-0.15, -0.1) is 0 Å². The summed E-state index contributed by atoms with van der Waals surface area (Å²) in [5, 5.41) is 0.198. The van der Waals surface area contributed by atoms with Crippen LogP contribution in [0, 0.1) is 5.82 Å². The summed E-state index contributed by atoms with van der Waals surface area (Å²) in [5.74, 6) is -0.670. The third-order valence-corrected chi connectivity index (χ3v) is 2.91. The lowest BCUT2D eigenvalue weighted by Crippen LogP contribution is -2.39. The molecule has 1 rings (SSSR count). The van der Waals surface area contributed by atoms with Gasteiger partial charge in [-0.3, -0.25) is 4.79 Å². The van der Waals surface area contributed by atoms with E-state index in [1.54, 1.807) is 7.11 Å². The summed E-state index contributed by atoms with van der Waals surface area (Å²) in [7, 11) is 1.56. The number of ether oxygens (including phenoxy) is 2. The molecule has 112 valence electrons. The van der Waals surface area contributed by atoms with Crippen LogP contribution in [0.4, 0.5) is 10.1 Å². The van der Waals surface area contributed by atoms with Gasteiger partial charge in [0.1, 0.15) is 12.4 Å². The molecule has 20 heavy (non-hydrogen) atoms. The average molecular weight is 304 g/mol. The Labute approximate surface area is 123 Å². The van der Waals surface area contributed by atoms with Crippen molar-refractivity contribution in [3.8, 4) is 0 Å². The molecule has 0 spiro atoms. The van der Waals surface area contributed by atoms with Gasteiger partial charge in [-0.05, 0) is 32.0 Å². The lowest BCUT2D eigenvalue weighted by Gasteiger charge is -2.27. The largest absolute Gasteiger partial charge is 0.382 e. The molecule has 0 unspecified atom stereocenters. The maximum atomic E-state index is 13.1. The minimum absolute atomic E-state index is 0.0742. The van der Waals surface area contributed by atoms with Gasteiger partial charge in [-0.1, -0.05) is 11.6 Å². The first-order valence-corrected chi connectivity index (χ1v) is 6.69. The molecule has 0 aliphatic heterocycles. The van der Waals surface area contributed by atoms with Crippen LogP contribution in [-0.2, 0) is 14.3 Å². The van der Waals surface area contributed by atoms with Gasteiger partial charge in [0.05, 0.1) is 23.9 Å². The Hall–Kier alpha value is -1.17. The highest BCUT2D eigenvalue weighted by Crippen LogP contribution is 2.28. The second kappa shape index (κ2) is 8.19. The lowest BCUT2D eigenvalue weighted by molar-refractivity contribution is -0.123. The van der Waals surface area contributed by atoms with Gasteiger partial charge in [0.15, 0.2) is 0 Å². The average Bonchev–Trinajstić information content (AvgIpc) is 2.37. The van der Waals surface area contributed by atoms with Crippen molar-refractivity contribution in [3.05, 3.63) is 29.0 Å². The molecular formula is C14H19ClFNO3. The summed E-state index contributed by atoms with van der Waals surface area (Å²) in [6.45, 7) is 4.40. The van der Waals surface area contributed by atoms with E-state index in [4.69, 9.17) is 21.1 Å². The Balaban J connectivity index is 2.80. The SMILES string of the molecule is COCCOCC(=O)N(c1ccc(F)cc1Cl)C(C)C. The quantitative estimate of drug-likeness (QED) is 0.727. The summed E-state index contributed by atoms with van der Waals surface area (Å²) >= 11 is 6.00. The van der Waals surface area contributed by atoms with Gasteiger partial charge in [-0.2, -0.15) is 0 Å². The highest BCUT2D eigenvalue weighted by atomic mass is 35.5. The maximum Gasteiger partial charge on any atom is 0.253 e. The Morgan fingerprint density at radius 2 is 2.10 bits per heavy atom. The van der Waals surface area contributed by atoms with Crippen LogP contribution in [0.15, 0.2) is 18.2 Å². The summed E-state index contributed by atoms with van der Waals surface area (Å²) in [6, 6.07) is 3.84. The molecule has 0 aromatic heterocycles. The number of rotatable bonds is 7. The minimum Gasteiger partial charge on any atom is -0.382 e. The van der Waals surface area contributed by atoms with Crippen molar-refractivity contribution in [2.24, 2.45) is 0 Å². The van der Waals surface area contributed by atoms with Gasteiger partial charge >= 0.3 is 0 Å². The molecule has 6 heteroatoms. The van der Waals surface area contributed by atoms with Gasteiger partial charge in [0.2, 0.25) is 0 Å². The number of benzene rings is 1. The number of anilines is 1. The summed E-state index contributed by atoms with van der Waals surface area (Å²) in [4.78, 5) is 13.7. The van der Waals surface area contributed by atoms with Crippen LogP contribution in [-0.4, -0.2) is 38.9 Å². The fourth-order valence-corrected chi connectivity index (χ4v) is 2.01. The van der Waals surface area contributed by atoms with Crippen molar-refractivity contribution in [1.29, 1.82) is 0 Å². The van der Waals surface area contributed by atoms with Crippen LogP contribution in [0.3, 0.4) is 0 Å². The van der Waals surface area contributed by atoms with E-state index in [9.17, 15) is 9.18 Å². The second-order valence-electron chi connectivity index (χ2n) is 4.50. The third kappa shape index (κ3) is 4.74. The molecule has 1 amide bonds. The molecule has 0 aliphatic carbocycles. The van der Waals surface area contributed by atoms with Gasteiger partial charge in [0, 0.05) is 13.2 Å². The second-order valence-corrected chi connectivity index (χ2v) is 4.91. The number of nitrogens with zero attached hydrogens (tertiary/aromatic N) is 1. The van der Waals surface area contributed by atoms with Crippen molar-refractivity contribution in [1.82, 2.24) is 0 Å². The number of methoxy groups -OCH3 is 1. The summed E-state index contributed by atoms with van der Waals surface area (Å²) in [6.07, 6.45) is 0. The zero-order chi connectivity index (χ0) is 15.1. The van der Waals surface area contributed by atoms with Crippen molar-refractivity contribution in [3.63, 3.8) is 0 Å². The number of carbonyl (C=O) groups is 1. The van der Waals surface area contributed by atoms with E-state index in [1.165, 1.54) is 23.1 Å². The molecular weight excluding hydrogens is 285 g/mol. The predicted molar refractivity (Wildman–Crippen MR) is 76.7 cm³/mol. The Kier molecular flexibility index (Phi) is 6.91. The number of hydrogen-bond acceptors (Lipinski definition) is 3. The molecule has 0 saturated carbocycles. The predicted octanol–water partition coefficient (Wildman–Crippen LogP) is 2.88. The monoisotopic (exact) mass is 303 g/mol. The Morgan fingerprint density at radius 1 is 1.40 bits per heavy atom. The topological polar surface area (TPSA) is 38.8 Å². The maximum absolute atomic E-state index is 13.1. The molecule has 0 fully saturated rings. The number of halogens is 2. The van der Waals surface area contributed by atoms with Crippen LogP contribution in [0.1, 0.15) is 13.8 Å². The Morgan fingerprint density at radius 3 is 2.65 bits per heavy atom. The molecule has 1 aromatic carbocycles. The van der Waals surface area contributed by atoms with Crippen LogP contribution in [0.2, 0.25) is 5.02 Å². The van der Waals surface area contributed by atoms with Crippen LogP contribution in [0.5, 0.6) is 0 Å². The number of hydrogen-bond donors (Lipinski definition) is 0. The molecule has 0 N–H and O–H groups in total. The fourth-order valence-electron chi connectivity index (χ4n) is 1.75. The van der Waals surface area contributed by atoms with Crippen molar-refractivity contribution >= 4 is 23.2 Å². The smallest absolute Gasteiger partial charge is 0.253 e. The first kappa shape index (κ1) is 16.9. The molecule has 0 bridgehead atoms. The molecule has 0 heterocycles. The molecule has 0 saturated heterocycles. The van der Waals surface area contributed by atoms with Crippen LogP contribution < -0.4 is 4.90 Å². The van der Waals surface area contributed by atoms with E-state index >= 15 is 0 Å². The zero-order valence-electron chi connectivity index (χ0n) is 11.9. The van der Waals surface area contributed by atoms with E-state index in [-0.39, 0.29) is 23.6 Å². The lowest BCUT2D eigenvalue weighted by atomic mass is 10.2.